The fraction of sp³-hybridized carbons (Fsp3) is 0.429. The predicted octanol–water partition coefficient (Wildman–Crippen LogP) is 2.91. The first-order valence-corrected chi connectivity index (χ1v) is 9.81. The van der Waals surface area contributed by atoms with E-state index in [4.69, 9.17) is 0 Å². The average molecular weight is 420 g/mol. The number of carbonyl (C=O) groups is 1. The summed E-state index contributed by atoms with van der Waals surface area (Å²) in [6, 6.07) is 4.40. The predicted molar refractivity (Wildman–Crippen MR) is 106 cm³/mol. The molecule has 1 aliphatic carbocycles. The minimum absolute atomic E-state index is 0.0279. The molecule has 4 atom stereocenters. The van der Waals surface area contributed by atoms with Gasteiger partial charge in [0.15, 0.2) is 0 Å². The molecule has 4 rings (SSSR count). The highest BCUT2D eigenvalue weighted by atomic mass is 19.3. The second-order valence-electron chi connectivity index (χ2n) is 8.09. The number of H-pyrrole nitrogens is 1. The second kappa shape index (κ2) is 7.79. The summed E-state index contributed by atoms with van der Waals surface area (Å²) in [6.45, 7) is 3.44. The van der Waals surface area contributed by atoms with Crippen LogP contribution in [0.2, 0.25) is 0 Å². The van der Waals surface area contributed by atoms with Gasteiger partial charge < -0.3 is 20.5 Å². The molecule has 3 N–H and O–H groups in total. The van der Waals surface area contributed by atoms with Gasteiger partial charge in [-0.05, 0) is 25.8 Å². The summed E-state index contributed by atoms with van der Waals surface area (Å²) < 4.78 is 40.3. The number of aromatic amines is 1. The number of hydrogen-bond donors (Lipinski definition) is 3. The van der Waals surface area contributed by atoms with Gasteiger partial charge in [-0.1, -0.05) is 18.2 Å². The molecule has 1 unspecified atom stereocenters. The van der Waals surface area contributed by atoms with E-state index in [0.717, 1.165) is 19.2 Å². The molecule has 160 valence electrons. The summed E-state index contributed by atoms with van der Waals surface area (Å²) in [5, 5.41) is 5.93. The molecule has 6 nitrogen and oxygen atoms in total. The van der Waals surface area contributed by atoms with Crippen molar-refractivity contribution in [2.45, 2.75) is 25.4 Å². The number of hydrogen-bond acceptors (Lipinski definition) is 4. The zero-order valence-corrected chi connectivity index (χ0v) is 16.6. The van der Waals surface area contributed by atoms with Crippen molar-refractivity contribution in [1.82, 2.24) is 15.2 Å². The number of likely N-dealkylation sites (tertiary alicyclic amines) is 1. The number of alkyl halides is 2. The maximum atomic E-state index is 14.4. The van der Waals surface area contributed by atoms with Crippen LogP contribution in [0.25, 0.3) is 0 Å². The van der Waals surface area contributed by atoms with Crippen LogP contribution in [-0.4, -0.2) is 42.0 Å². The Balaban J connectivity index is 1.51. The van der Waals surface area contributed by atoms with E-state index >= 15 is 0 Å². The lowest BCUT2D eigenvalue weighted by molar-refractivity contribution is 0.0939. The number of anilines is 1. The first-order chi connectivity index (χ1) is 14.3. The Morgan fingerprint density at radius 2 is 1.90 bits per heavy atom. The van der Waals surface area contributed by atoms with E-state index in [0.29, 0.717) is 17.5 Å². The summed E-state index contributed by atoms with van der Waals surface area (Å²) in [7, 11) is 2.05. The molecular weight excluding hydrogens is 397 g/mol. The Morgan fingerprint density at radius 1 is 1.23 bits per heavy atom. The largest absolute Gasteiger partial charge is 0.381 e. The van der Waals surface area contributed by atoms with Crippen LogP contribution >= 0.6 is 0 Å². The van der Waals surface area contributed by atoms with Crippen LogP contribution in [0.3, 0.4) is 0 Å². The molecule has 0 bridgehead atoms. The van der Waals surface area contributed by atoms with Gasteiger partial charge in [0.05, 0.1) is 22.9 Å². The van der Waals surface area contributed by atoms with Gasteiger partial charge in [-0.15, -0.1) is 0 Å². The van der Waals surface area contributed by atoms with Crippen molar-refractivity contribution < 1.29 is 18.0 Å². The lowest BCUT2D eigenvalue weighted by Gasteiger charge is -2.19. The molecule has 1 aliphatic heterocycles. The van der Waals surface area contributed by atoms with Gasteiger partial charge in [0.2, 0.25) is 5.56 Å². The van der Waals surface area contributed by atoms with Gasteiger partial charge in [0.1, 0.15) is 5.82 Å². The molecular formula is C21H23F3N4O2. The van der Waals surface area contributed by atoms with Crippen molar-refractivity contribution in [3.8, 4) is 0 Å². The average Bonchev–Trinajstić information content (AvgIpc) is 3.13. The number of fused-ring (bicyclic) bond motifs is 1. The van der Waals surface area contributed by atoms with E-state index in [1.807, 2.05) is 0 Å². The summed E-state index contributed by atoms with van der Waals surface area (Å²) >= 11 is 0. The number of benzene rings is 1. The zero-order chi connectivity index (χ0) is 21.6. The lowest BCUT2D eigenvalue weighted by Crippen LogP contribution is -2.30. The molecule has 2 fully saturated rings. The number of halogens is 3. The summed E-state index contributed by atoms with van der Waals surface area (Å²) in [4.78, 5) is 29.4. The Morgan fingerprint density at radius 3 is 2.57 bits per heavy atom. The normalized spacial score (nSPS) is 23.9. The summed E-state index contributed by atoms with van der Waals surface area (Å²) in [6.07, 6.45) is -1.64. The molecule has 1 amide bonds. The molecule has 1 aromatic carbocycles. The van der Waals surface area contributed by atoms with E-state index < -0.39 is 29.8 Å². The molecule has 0 radical (unpaired) electrons. The molecule has 0 spiro atoms. The molecule has 2 aliphatic rings. The number of nitrogens with zero attached hydrogens (tertiary/aromatic N) is 1. The number of piperidine rings is 1. The van der Waals surface area contributed by atoms with E-state index in [2.05, 4.69) is 27.6 Å². The highest BCUT2D eigenvalue weighted by molar-refractivity contribution is 5.99. The topological polar surface area (TPSA) is 77.2 Å². The number of pyridine rings is 1. The van der Waals surface area contributed by atoms with E-state index in [-0.39, 0.29) is 22.7 Å². The Bertz CT molecular complexity index is 1010. The Labute approximate surface area is 171 Å². The van der Waals surface area contributed by atoms with Crippen molar-refractivity contribution in [2.24, 2.45) is 11.8 Å². The third-order valence-electron chi connectivity index (χ3n) is 5.98. The molecule has 2 aromatic rings. The van der Waals surface area contributed by atoms with Crippen LogP contribution in [0.4, 0.5) is 18.9 Å². The van der Waals surface area contributed by atoms with Crippen LogP contribution in [0.5, 0.6) is 0 Å². The molecule has 2 heterocycles. The molecule has 1 saturated heterocycles. The van der Waals surface area contributed by atoms with Gasteiger partial charge in [0.25, 0.3) is 12.3 Å². The molecule has 1 saturated carbocycles. The highest BCUT2D eigenvalue weighted by Gasteiger charge is 2.55. The van der Waals surface area contributed by atoms with E-state index in [1.165, 1.54) is 31.3 Å². The van der Waals surface area contributed by atoms with Crippen molar-refractivity contribution in [3.63, 3.8) is 0 Å². The third-order valence-corrected chi connectivity index (χ3v) is 5.98. The van der Waals surface area contributed by atoms with Crippen LogP contribution in [0, 0.1) is 17.7 Å². The monoisotopic (exact) mass is 420 g/mol. The first-order valence-electron chi connectivity index (χ1n) is 9.81. The van der Waals surface area contributed by atoms with Gasteiger partial charge in [0, 0.05) is 37.0 Å². The maximum absolute atomic E-state index is 14.4. The van der Waals surface area contributed by atoms with Gasteiger partial charge in [-0.25, -0.2) is 13.2 Å². The quantitative estimate of drug-likeness (QED) is 0.672. The van der Waals surface area contributed by atoms with Crippen molar-refractivity contribution in [3.05, 3.63) is 63.3 Å². The highest BCUT2D eigenvalue weighted by Crippen LogP contribution is 2.46. The van der Waals surface area contributed by atoms with Crippen LogP contribution in [0.1, 0.15) is 40.9 Å². The number of rotatable bonds is 6. The first kappa shape index (κ1) is 20.5. The standard InChI is InChI=1S/C21H23F3N4O2/c1-10(11-4-3-5-12(18(11)22)20(23)24)26-21(30)13-7-25-17(29)6-16(13)27-19-14-8-28(2)9-15(14)19/h3-7,10,14-15,19-20H,8-9H2,1-2H3,(H,26,30)(H2,25,27,29)/t10-,14-,15+,19?/m1/s1. The number of nitrogens with one attached hydrogen (secondary N) is 3. The van der Waals surface area contributed by atoms with Gasteiger partial charge in [-0.3, -0.25) is 9.59 Å². The SMILES string of the molecule is C[C@@H](NC(=O)c1c[nH]c(=O)cc1NC1[C@H]2CN(C)C[C@@H]12)c1cccc(C(F)F)c1F. The molecule has 30 heavy (non-hydrogen) atoms. The number of amides is 1. The van der Waals surface area contributed by atoms with Crippen molar-refractivity contribution in [1.29, 1.82) is 0 Å². The summed E-state index contributed by atoms with van der Waals surface area (Å²) in [5.74, 6) is -0.605. The maximum Gasteiger partial charge on any atom is 0.266 e. The van der Waals surface area contributed by atoms with Crippen LogP contribution < -0.4 is 16.2 Å². The number of aromatic nitrogens is 1. The minimum atomic E-state index is -2.94. The third kappa shape index (κ3) is 3.81. The fourth-order valence-electron chi connectivity index (χ4n) is 4.33. The smallest absolute Gasteiger partial charge is 0.266 e. The minimum Gasteiger partial charge on any atom is -0.381 e. The molecule has 9 heteroatoms. The Hall–Kier alpha value is -2.81. The lowest BCUT2D eigenvalue weighted by atomic mass is 10.0. The zero-order valence-electron chi connectivity index (χ0n) is 16.6. The van der Waals surface area contributed by atoms with Crippen molar-refractivity contribution in [2.75, 3.05) is 25.5 Å². The van der Waals surface area contributed by atoms with Crippen LogP contribution in [-0.2, 0) is 0 Å². The number of carbonyl (C=O) groups excluding carboxylic acids is 1. The second-order valence-corrected chi connectivity index (χ2v) is 8.09. The van der Waals surface area contributed by atoms with Gasteiger partial charge in [-0.2, -0.15) is 0 Å². The van der Waals surface area contributed by atoms with Crippen LogP contribution in [0.15, 0.2) is 35.3 Å². The van der Waals surface area contributed by atoms with Gasteiger partial charge >= 0.3 is 0 Å². The van der Waals surface area contributed by atoms with E-state index in [9.17, 15) is 22.8 Å². The van der Waals surface area contributed by atoms with E-state index in [1.54, 1.807) is 0 Å². The summed E-state index contributed by atoms with van der Waals surface area (Å²) in [5.41, 5.74) is -0.455. The Kier molecular flexibility index (Phi) is 5.31. The fourth-order valence-corrected chi connectivity index (χ4v) is 4.33. The molecule has 1 aromatic heterocycles. The van der Waals surface area contributed by atoms with Crippen molar-refractivity contribution >= 4 is 11.6 Å².